The zero-order chi connectivity index (χ0) is 18.4. The molecule has 1 aliphatic rings. The number of carbonyl (C=O) groups is 1. The van der Waals surface area contributed by atoms with Gasteiger partial charge < -0.3 is 4.74 Å². The SMILES string of the molecule is CCOC=C1C(=O)C(c2cccc(C(F)(F)F)c2)=C[S+]1NCSCC. The van der Waals surface area contributed by atoms with Gasteiger partial charge >= 0.3 is 6.18 Å². The summed E-state index contributed by atoms with van der Waals surface area (Å²) >= 11 is 0.979. The molecule has 1 aromatic rings. The third-order valence-corrected chi connectivity index (χ3v) is 5.94. The van der Waals surface area contributed by atoms with Crippen LogP contribution in [0.4, 0.5) is 13.2 Å². The number of thioether (sulfide) groups is 1. The smallest absolute Gasteiger partial charge is 0.416 e. The van der Waals surface area contributed by atoms with Crippen LogP contribution >= 0.6 is 11.8 Å². The van der Waals surface area contributed by atoms with Crippen LogP contribution in [-0.4, -0.2) is 24.0 Å². The number of nitrogens with one attached hydrogen (secondary N) is 1. The number of alkyl halides is 3. The second-order valence-electron chi connectivity index (χ2n) is 5.00. The van der Waals surface area contributed by atoms with Crippen LogP contribution in [0, 0.1) is 0 Å². The molecule has 0 radical (unpaired) electrons. The Morgan fingerprint density at radius 2 is 2.08 bits per heavy atom. The molecule has 3 nitrogen and oxygen atoms in total. The highest BCUT2D eigenvalue weighted by Crippen LogP contribution is 2.35. The van der Waals surface area contributed by atoms with E-state index < -0.39 is 22.8 Å². The minimum Gasteiger partial charge on any atom is -0.496 e. The Morgan fingerprint density at radius 1 is 1.32 bits per heavy atom. The highest BCUT2D eigenvalue weighted by atomic mass is 32.2. The summed E-state index contributed by atoms with van der Waals surface area (Å²) in [5.74, 6) is 1.26. The predicted molar refractivity (Wildman–Crippen MR) is 97.6 cm³/mol. The van der Waals surface area contributed by atoms with E-state index in [0.29, 0.717) is 17.4 Å². The number of carbonyl (C=O) groups excluding carboxylic acids is 1. The lowest BCUT2D eigenvalue weighted by molar-refractivity contribution is -0.137. The summed E-state index contributed by atoms with van der Waals surface area (Å²) in [7, 11) is 0. The number of Topliss-reactive ketones (excluding diaryl/α,β-unsaturated/α-hetero) is 1. The van der Waals surface area contributed by atoms with E-state index in [2.05, 4.69) is 4.72 Å². The molecular weight excluding hydrogens is 371 g/mol. The molecule has 0 saturated heterocycles. The molecule has 0 aromatic heterocycles. The van der Waals surface area contributed by atoms with Crippen LogP contribution in [0.15, 0.2) is 40.8 Å². The zero-order valence-electron chi connectivity index (χ0n) is 13.9. The Bertz CT molecular complexity index is 687. The maximum Gasteiger partial charge on any atom is 0.416 e. The minimum atomic E-state index is -4.44. The largest absolute Gasteiger partial charge is 0.496 e. The fourth-order valence-electron chi connectivity index (χ4n) is 2.12. The Labute approximate surface area is 152 Å². The van der Waals surface area contributed by atoms with Gasteiger partial charge in [-0.25, -0.2) is 0 Å². The highest BCUT2D eigenvalue weighted by Gasteiger charge is 2.42. The van der Waals surface area contributed by atoms with E-state index in [1.807, 2.05) is 6.92 Å². The van der Waals surface area contributed by atoms with Gasteiger partial charge in [0.2, 0.25) is 0 Å². The van der Waals surface area contributed by atoms with Crippen molar-refractivity contribution in [2.45, 2.75) is 20.0 Å². The first-order valence-electron chi connectivity index (χ1n) is 7.68. The van der Waals surface area contributed by atoms with Gasteiger partial charge in [0.1, 0.15) is 6.26 Å². The molecule has 0 saturated carbocycles. The topological polar surface area (TPSA) is 38.3 Å². The summed E-state index contributed by atoms with van der Waals surface area (Å²) in [5.41, 5.74) is -0.230. The van der Waals surface area contributed by atoms with Crippen molar-refractivity contribution in [3.05, 3.63) is 52.0 Å². The Balaban J connectivity index is 2.33. The van der Waals surface area contributed by atoms with Crippen molar-refractivity contribution in [2.24, 2.45) is 0 Å². The molecule has 25 heavy (non-hydrogen) atoms. The number of rotatable bonds is 7. The second kappa shape index (κ2) is 8.82. The third kappa shape index (κ3) is 5.05. The van der Waals surface area contributed by atoms with Crippen molar-refractivity contribution in [1.82, 2.24) is 4.72 Å². The maximum atomic E-state index is 12.9. The molecule has 136 valence electrons. The van der Waals surface area contributed by atoms with E-state index in [0.717, 1.165) is 17.9 Å². The fourth-order valence-corrected chi connectivity index (χ4v) is 4.49. The monoisotopic (exact) mass is 390 g/mol. The second-order valence-corrected chi connectivity index (χ2v) is 7.91. The molecule has 0 amide bonds. The first-order chi connectivity index (χ1) is 11.9. The quantitative estimate of drug-likeness (QED) is 0.247. The van der Waals surface area contributed by atoms with Crippen molar-refractivity contribution in [3.8, 4) is 0 Å². The maximum absolute atomic E-state index is 12.9. The van der Waals surface area contributed by atoms with Gasteiger partial charge in [-0.1, -0.05) is 19.1 Å². The van der Waals surface area contributed by atoms with Crippen LogP contribution in [-0.2, 0) is 26.8 Å². The fraction of sp³-hybridized carbons (Fsp3) is 0.353. The number of ether oxygens (including phenoxy) is 1. The average molecular weight is 390 g/mol. The van der Waals surface area contributed by atoms with Gasteiger partial charge in [0, 0.05) is 0 Å². The van der Waals surface area contributed by atoms with Crippen LogP contribution in [0.5, 0.6) is 0 Å². The van der Waals surface area contributed by atoms with Crippen LogP contribution in [0.25, 0.3) is 5.57 Å². The molecular formula is C17H19F3NO2S2+. The molecule has 0 spiro atoms. The number of halogens is 3. The molecule has 0 bridgehead atoms. The van der Waals surface area contributed by atoms with E-state index in [4.69, 9.17) is 4.74 Å². The number of allylic oxidation sites excluding steroid dienone is 2. The Kier molecular flexibility index (Phi) is 7.04. The molecule has 1 aliphatic heterocycles. The normalized spacial score (nSPS) is 19.4. The van der Waals surface area contributed by atoms with Gasteiger partial charge in [-0.3, -0.25) is 4.79 Å². The standard InChI is InChI=1S/C17H19F3NO2S2/c1-3-23-9-15-16(22)14(10-25(15)21-11-24-4-2)12-6-5-7-13(8-12)17(18,19)20/h5-10,21H,3-4,11H2,1-2H3/q+1. The van der Waals surface area contributed by atoms with Crippen molar-refractivity contribution >= 4 is 34.2 Å². The number of benzene rings is 1. The lowest BCUT2D eigenvalue weighted by Gasteiger charge is -2.07. The molecule has 0 fully saturated rings. The van der Waals surface area contributed by atoms with E-state index in [-0.39, 0.29) is 16.9 Å². The van der Waals surface area contributed by atoms with E-state index >= 15 is 0 Å². The zero-order valence-corrected chi connectivity index (χ0v) is 15.5. The number of hydrogen-bond acceptors (Lipinski definition) is 4. The van der Waals surface area contributed by atoms with Gasteiger partial charge in [0.15, 0.2) is 16.5 Å². The van der Waals surface area contributed by atoms with E-state index in [1.54, 1.807) is 24.1 Å². The first-order valence-corrected chi connectivity index (χ1v) is 10.1. The Morgan fingerprint density at radius 3 is 2.72 bits per heavy atom. The molecule has 1 aromatic carbocycles. The van der Waals surface area contributed by atoms with Gasteiger partial charge in [-0.15, -0.1) is 16.5 Å². The van der Waals surface area contributed by atoms with Crippen LogP contribution in [0.1, 0.15) is 25.0 Å². The number of ketones is 1. The van der Waals surface area contributed by atoms with Crippen molar-refractivity contribution < 1.29 is 22.7 Å². The summed E-state index contributed by atoms with van der Waals surface area (Å²) in [6.45, 7) is 4.24. The van der Waals surface area contributed by atoms with Crippen molar-refractivity contribution in [1.29, 1.82) is 0 Å². The van der Waals surface area contributed by atoms with Gasteiger partial charge in [0.05, 0.1) is 23.6 Å². The van der Waals surface area contributed by atoms with Gasteiger partial charge in [-0.2, -0.15) is 13.2 Å². The summed E-state index contributed by atoms with van der Waals surface area (Å²) in [5, 5.41) is 1.69. The summed E-state index contributed by atoms with van der Waals surface area (Å²) < 4.78 is 47.3. The lowest BCUT2D eigenvalue weighted by atomic mass is 10.0. The van der Waals surface area contributed by atoms with Crippen molar-refractivity contribution in [3.63, 3.8) is 0 Å². The first kappa shape index (κ1) is 19.9. The average Bonchev–Trinajstić information content (AvgIpc) is 2.88. The van der Waals surface area contributed by atoms with Crippen LogP contribution in [0.2, 0.25) is 0 Å². The lowest BCUT2D eigenvalue weighted by Crippen LogP contribution is -2.23. The van der Waals surface area contributed by atoms with E-state index in [1.165, 1.54) is 18.4 Å². The molecule has 8 heteroatoms. The Hall–Kier alpha value is -1.38. The molecule has 1 unspecified atom stereocenters. The summed E-state index contributed by atoms with van der Waals surface area (Å²) in [4.78, 5) is 13.1. The van der Waals surface area contributed by atoms with Crippen molar-refractivity contribution in [2.75, 3.05) is 18.2 Å². The molecule has 1 heterocycles. The van der Waals surface area contributed by atoms with Gasteiger partial charge in [-0.05, 0) is 30.4 Å². The summed E-state index contributed by atoms with van der Waals surface area (Å²) in [6, 6.07) is 4.84. The molecule has 0 aliphatic carbocycles. The molecule has 2 rings (SSSR count). The van der Waals surface area contributed by atoms with Crippen LogP contribution < -0.4 is 4.72 Å². The number of hydrogen-bond donors (Lipinski definition) is 1. The summed E-state index contributed by atoms with van der Waals surface area (Å²) in [6.07, 6.45) is -3.04. The highest BCUT2D eigenvalue weighted by molar-refractivity contribution is 8.05. The predicted octanol–water partition coefficient (Wildman–Crippen LogP) is 4.34. The molecule has 1 atom stereocenters. The van der Waals surface area contributed by atoms with Gasteiger partial charge in [0.25, 0.3) is 10.7 Å². The van der Waals surface area contributed by atoms with Crippen LogP contribution in [0.3, 0.4) is 0 Å². The van der Waals surface area contributed by atoms with E-state index in [9.17, 15) is 18.0 Å². The third-order valence-electron chi connectivity index (χ3n) is 3.32. The minimum absolute atomic E-state index is 0.266. The molecule has 1 N–H and O–H groups in total.